The van der Waals surface area contributed by atoms with Gasteiger partial charge in [-0.1, -0.05) is 20.8 Å². The second-order valence-electron chi connectivity index (χ2n) is 7.91. The Kier molecular flexibility index (Phi) is 7.74. The Labute approximate surface area is 173 Å². The van der Waals surface area contributed by atoms with Crippen LogP contribution in [0.3, 0.4) is 0 Å². The maximum atomic E-state index is 12.7. The molecule has 1 amide bonds. The molecule has 1 aliphatic heterocycles. The first-order valence-electron chi connectivity index (χ1n) is 8.88. The molecule has 1 aromatic carbocycles. The van der Waals surface area contributed by atoms with Crippen molar-refractivity contribution in [1.82, 2.24) is 0 Å². The van der Waals surface area contributed by atoms with E-state index in [2.05, 4.69) is 14.9 Å². The second-order valence-corrected chi connectivity index (χ2v) is 9.20. The average molecular weight is 435 g/mol. The minimum absolute atomic E-state index is 0. The number of nitrogens with zero attached hydrogens (tertiary/aromatic N) is 1. The number of nitrogens with two attached hydrogens (primary N) is 1. The van der Waals surface area contributed by atoms with Crippen molar-refractivity contribution in [2.75, 3.05) is 41.7 Å². The van der Waals surface area contributed by atoms with Crippen molar-refractivity contribution in [2.45, 2.75) is 41.0 Å². The van der Waals surface area contributed by atoms with E-state index in [0.29, 0.717) is 30.1 Å². The molecule has 0 atom stereocenters. The lowest BCUT2D eigenvalue weighted by molar-refractivity contribution is -0.123. The molecule has 2 rings (SSSR count). The summed E-state index contributed by atoms with van der Waals surface area (Å²) in [6.45, 7) is 11.2. The fourth-order valence-corrected chi connectivity index (χ4v) is 3.84. The summed E-state index contributed by atoms with van der Waals surface area (Å²) in [4.78, 5) is 14.8. The van der Waals surface area contributed by atoms with Gasteiger partial charge in [-0.3, -0.25) is 9.52 Å². The summed E-state index contributed by atoms with van der Waals surface area (Å²) >= 11 is 0. The molecule has 10 heteroatoms. The van der Waals surface area contributed by atoms with Crippen LogP contribution < -0.4 is 20.1 Å². The third-order valence-electron chi connectivity index (χ3n) is 4.78. The van der Waals surface area contributed by atoms with Crippen molar-refractivity contribution in [3.05, 3.63) is 16.7 Å². The Bertz CT molecular complexity index is 850. The summed E-state index contributed by atoms with van der Waals surface area (Å²) < 4.78 is 30.9. The number of rotatable bonds is 6. The van der Waals surface area contributed by atoms with Crippen LogP contribution in [0.1, 0.15) is 37.5 Å². The van der Waals surface area contributed by atoms with Gasteiger partial charge in [0.2, 0.25) is 5.91 Å². The van der Waals surface area contributed by atoms with Gasteiger partial charge in [0.1, 0.15) is 0 Å². The minimum Gasteiger partial charge on any atom is -0.383 e. The molecule has 8 nitrogen and oxygen atoms in total. The highest BCUT2D eigenvalue weighted by Crippen LogP contribution is 2.45. The van der Waals surface area contributed by atoms with E-state index in [9.17, 15) is 13.2 Å². The van der Waals surface area contributed by atoms with Gasteiger partial charge in [-0.15, -0.1) is 12.4 Å². The highest BCUT2D eigenvalue weighted by Gasteiger charge is 2.31. The van der Waals surface area contributed by atoms with E-state index in [0.717, 1.165) is 29.8 Å². The molecule has 1 aromatic rings. The standard InChI is InChI=1S/C18H30N4O4S.ClH/c1-11-13-7-8-22(9-10-26-6)16(13)15(20-17(23)18(3,4)5)12(2)14(11)21-27(19,24)25;/h21H,7-10H2,1-6H3,(H,20,23)(H2,19,24,25);1H. The molecule has 1 aliphatic rings. The van der Waals surface area contributed by atoms with Crippen LogP contribution in [0.25, 0.3) is 0 Å². The Morgan fingerprint density at radius 1 is 1.21 bits per heavy atom. The zero-order valence-corrected chi connectivity index (χ0v) is 18.9. The topological polar surface area (TPSA) is 114 Å². The first kappa shape index (κ1) is 24.5. The molecular formula is C18H31ClN4O4S. The second kappa shape index (κ2) is 8.86. The average Bonchev–Trinajstić information content (AvgIpc) is 2.95. The van der Waals surface area contributed by atoms with Crippen LogP contribution in [0.5, 0.6) is 0 Å². The van der Waals surface area contributed by atoms with Gasteiger partial charge in [0, 0.05) is 25.6 Å². The van der Waals surface area contributed by atoms with E-state index >= 15 is 0 Å². The Morgan fingerprint density at radius 2 is 1.82 bits per heavy atom. The molecule has 0 aliphatic carbocycles. The molecular weight excluding hydrogens is 404 g/mol. The number of benzene rings is 1. The highest BCUT2D eigenvalue weighted by molar-refractivity contribution is 7.90. The van der Waals surface area contributed by atoms with E-state index in [1.165, 1.54) is 0 Å². The lowest BCUT2D eigenvalue weighted by atomic mass is 9.94. The lowest BCUT2D eigenvalue weighted by Gasteiger charge is -2.28. The summed E-state index contributed by atoms with van der Waals surface area (Å²) in [6, 6.07) is 0. The minimum atomic E-state index is -3.94. The number of nitrogens with one attached hydrogen (secondary N) is 2. The highest BCUT2D eigenvalue weighted by atomic mass is 35.5. The quantitative estimate of drug-likeness (QED) is 0.635. The lowest BCUT2D eigenvalue weighted by Crippen LogP contribution is -2.31. The number of halogens is 1. The number of methoxy groups -OCH3 is 1. The molecule has 0 radical (unpaired) electrons. The predicted molar refractivity (Wildman–Crippen MR) is 116 cm³/mol. The molecule has 1 heterocycles. The van der Waals surface area contributed by atoms with E-state index in [4.69, 9.17) is 9.88 Å². The summed E-state index contributed by atoms with van der Waals surface area (Å²) in [5.41, 5.74) is 3.86. The van der Waals surface area contributed by atoms with Gasteiger partial charge in [-0.2, -0.15) is 8.42 Å². The van der Waals surface area contributed by atoms with Gasteiger partial charge in [-0.05, 0) is 37.0 Å². The monoisotopic (exact) mass is 434 g/mol. The van der Waals surface area contributed by atoms with Gasteiger partial charge >= 0.3 is 0 Å². The van der Waals surface area contributed by atoms with E-state index < -0.39 is 15.6 Å². The fourth-order valence-electron chi connectivity index (χ4n) is 3.25. The van der Waals surface area contributed by atoms with Crippen LogP contribution in [-0.4, -0.2) is 41.1 Å². The zero-order chi connectivity index (χ0) is 20.6. The van der Waals surface area contributed by atoms with Crippen molar-refractivity contribution < 1.29 is 17.9 Å². The summed E-state index contributed by atoms with van der Waals surface area (Å²) in [5, 5.41) is 8.22. The predicted octanol–water partition coefficient (Wildman–Crippen LogP) is 2.33. The smallest absolute Gasteiger partial charge is 0.296 e. The number of carbonyl (C=O) groups is 1. The number of amides is 1. The maximum Gasteiger partial charge on any atom is 0.296 e. The van der Waals surface area contributed by atoms with E-state index in [1.807, 2.05) is 27.7 Å². The number of hydrogen-bond acceptors (Lipinski definition) is 5. The third-order valence-corrected chi connectivity index (χ3v) is 5.27. The molecule has 0 saturated carbocycles. The molecule has 0 bridgehead atoms. The van der Waals surface area contributed by atoms with Crippen LogP contribution in [0.2, 0.25) is 0 Å². The summed E-state index contributed by atoms with van der Waals surface area (Å²) in [7, 11) is -2.29. The van der Waals surface area contributed by atoms with Crippen LogP contribution in [0.15, 0.2) is 0 Å². The third kappa shape index (κ3) is 5.28. The van der Waals surface area contributed by atoms with Crippen LogP contribution in [0, 0.1) is 19.3 Å². The van der Waals surface area contributed by atoms with Gasteiger partial charge in [0.15, 0.2) is 0 Å². The van der Waals surface area contributed by atoms with Crippen molar-refractivity contribution in [2.24, 2.45) is 10.6 Å². The number of carbonyl (C=O) groups excluding carboxylic acids is 1. The Balaban J connectivity index is 0.00000392. The van der Waals surface area contributed by atoms with Crippen molar-refractivity contribution >= 4 is 45.6 Å². The van der Waals surface area contributed by atoms with Gasteiger partial charge in [0.25, 0.3) is 10.2 Å². The SMILES string of the molecule is COCCN1CCc2c(C)c(NS(N)(=O)=O)c(C)c(NC(=O)C(C)(C)C)c21.Cl. The summed E-state index contributed by atoms with van der Waals surface area (Å²) in [5.74, 6) is -0.142. The molecule has 0 spiro atoms. The molecule has 0 unspecified atom stereocenters. The van der Waals surface area contributed by atoms with Crippen molar-refractivity contribution in [3.63, 3.8) is 0 Å². The van der Waals surface area contributed by atoms with Crippen LogP contribution >= 0.6 is 12.4 Å². The number of ether oxygens (including phenoxy) is 1. The number of hydrogen-bond donors (Lipinski definition) is 3. The van der Waals surface area contributed by atoms with Crippen molar-refractivity contribution in [1.29, 1.82) is 0 Å². The van der Waals surface area contributed by atoms with E-state index in [-0.39, 0.29) is 18.3 Å². The van der Waals surface area contributed by atoms with Crippen LogP contribution in [-0.2, 0) is 26.2 Å². The molecule has 28 heavy (non-hydrogen) atoms. The first-order chi connectivity index (χ1) is 12.4. The molecule has 160 valence electrons. The Hall–Kier alpha value is -1.55. The molecule has 0 saturated heterocycles. The van der Waals surface area contributed by atoms with Gasteiger partial charge < -0.3 is 15.0 Å². The van der Waals surface area contributed by atoms with Crippen molar-refractivity contribution in [3.8, 4) is 0 Å². The van der Waals surface area contributed by atoms with E-state index in [1.54, 1.807) is 14.0 Å². The molecule has 0 aromatic heterocycles. The molecule has 0 fully saturated rings. The van der Waals surface area contributed by atoms with Gasteiger partial charge in [-0.25, -0.2) is 5.14 Å². The zero-order valence-electron chi connectivity index (χ0n) is 17.3. The maximum absolute atomic E-state index is 12.7. The number of anilines is 3. The normalized spacial score (nSPS) is 13.8. The molecule has 4 N–H and O–H groups in total. The first-order valence-corrected chi connectivity index (χ1v) is 10.4. The Morgan fingerprint density at radius 3 is 2.32 bits per heavy atom. The summed E-state index contributed by atoms with van der Waals surface area (Å²) in [6.07, 6.45) is 0.753. The number of fused-ring (bicyclic) bond motifs is 1. The largest absolute Gasteiger partial charge is 0.383 e. The van der Waals surface area contributed by atoms with Gasteiger partial charge in [0.05, 0.1) is 23.7 Å². The van der Waals surface area contributed by atoms with Crippen LogP contribution in [0.4, 0.5) is 17.1 Å². The fraction of sp³-hybridized carbons (Fsp3) is 0.611.